The minimum Gasteiger partial charge on any atom is -0.444 e. The minimum atomic E-state index is -0.447. The van der Waals surface area contributed by atoms with Crippen LogP contribution >= 0.6 is 15.9 Å². The van der Waals surface area contributed by atoms with E-state index in [9.17, 15) is 4.79 Å². The highest BCUT2D eigenvalue weighted by molar-refractivity contribution is 9.10. The predicted octanol–water partition coefficient (Wildman–Crippen LogP) is 5.19. The first-order valence-electron chi connectivity index (χ1n) is 9.37. The Balaban J connectivity index is 2.03. The first-order chi connectivity index (χ1) is 11.8. The molecule has 1 unspecified atom stereocenters. The Labute approximate surface area is 167 Å². The summed E-state index contributed by atoms with van der Waals surface area (Å²) >= 11 is 3.65. The van der Waals surface area contributed by atoms with Crippen molar-refractivity contribution in [2.75, 3.05) is 19.6 Å². The number of halogens is 1. The molecule has 0 N–H and O–H groups in total. The molecule has 26 heavy (non-hydrogen) atoms. The van der Waals surface area contributed by atoms with Crippen molar-refractivity contribution in [3.8, 4) is 0 Å². The average molecular weight is 425 g/mol. The third kappa shape index (κ3) is 5.98. The summed E-state index contributed by atoms with van der Waals surface area (Å²) in [6.45, 7) is 17.8. The lowest BCUT2D eigenvalue weighted by Crippen LogP contribution is -2.54. The number of piperazine rings is 1. The third-order valence-corrected chi connectivity index (χ3v) is 5.08. The van der Waals surface area contributed by atoms with Crippen molar-refractivity contribution in [1.82, 2.24) is 9.80 Å². The largest absolute Gasteiger partial charge is 0.444 e. The smallest absolute Gasteiger partial charge is 0.410 e. The first kappa shape index (κ1) is 21.2. The molecular weight excluding hydrogens is 392 g/mol. The molecule has 4 nitrogen and oxygen atoms in total. The topological polar surface area (TPSA) is 32.8 Å². The first-order valence-corrected chi connectivity index (χ1v) is 10.2. The molecule has 1 amide bonds. The van der Waals surface area contributed by atoms with Crippen LogP contribution in [0.4, 0.5) is 4.79 Å². The van der Waals surface area contributed by atoms with Gasteiger partial charge < -0.3 is 9.64 Å². The summed E-state index contributed by atoms with van der Waals surface area (Å²) in [5.41, 5.74) is 2.32. The van der Waals surface area contributed by atoms with Gasteiger partial charge in [0.25, 0.3) is 0 Å². The predicted molar refractivity (Wildman–Crippen MR) is 111 cm³/mol. The van der Waals surface area contributed by atoms with E-state index in [1.54, 1.807) is 0 Å². The van der Waals surface area contributed by atoms with E-state index in [1.165, 1.54) is 11.1 Å². The highest BCUT2D eigenvalue weighted by Gasteiger charge is 2.30. The molecule has 0 aliphatic carbocycles. The zero-order valence-electron chi connectivity index (χ0n) is 17.2. The summed E-state index contributed by atoms with van der Waals surface area (Å²) in [6, 6.07) is 7.00. The summed E-state index contributed by atoms with van der Waals surface area (Å²) in [4.78, 5) is 16.6. The van der Waals surface area contributed by atoms with Crippen LogP contribution in [0.1, 0.15) is 59.6 Å². The minimum absolute atomic E-state index is 0.125. The molecule has 1 saturated heterocycles. The van der Waals surface area contributed by atoms with Crippen LogP contribution in [0, 0.1) is 0 Å². The molecule has 5 heteroatoms. The van der Waals surface area contributed by atoms with E-state index in [0.29, 0.717) is 19.1 Å². The molecule has 146 valence electrons. The Morgan fingerprint density at radius 3 is 2.35 bits per heavy atom. The quantitative estimate of drug-likeness (QED) is 0.654. The lowest BCUT2D eigenvalue weighted by Gasteiger charge is -2.40. The maximum absolute atomic E-state index is 12.3. The van der Waals surface area contributed by atoms with Crippen LogP contribution in [0.15, 0.2) is 22.7 Å². The lowest BCUT2D eigenvalue weighted by atomic mass is 9.86. The van der Waals surface area contributed by atoms with Gasteiger partial charge in [-0.25, -0.2) is 4.79 Å². The number of amides is 1. The van der Waals surface area contributed by atoms with Gasteiger partial charge in [-0.3, -0.25) is 4.90 Å². The van der Waals surface area contributed by atoms with Crippen molar-refractivity contribution in [2.45, 2.75) is 72.1 Å². The number of nitrogens with zero attached hydrogens (tertiary/aromatic N) is 2. The van der Waals surface area contributed by atoms with E-state index in [1.807, 2.05) is 25.7 Å². The fourth-order valence-electron chi connectivity index (χ4n) is 3.13. The van der Waals surface area contributed by atoms with E-state index in [2.05, 4.69) is 66.7 Å². The summed E-state index contributed by atoms with van der Waals surface area (Å²) in [6.07, 6.45) is -0.207. The van der Waals surface area contributed by atoms with Crippen LogP contribution in [-0.2, 0) is 16.7 Å². The Kier molecular flexibility index (Phi) is 6.44. The standard InChI is InChI=1S/C21H33BrN2O2/c1-15-13-24(19(25)26-21(5,6)7)9-8-23(15)14-16-10-17(20(2,3)4)12-18(22)11-16/h10-12,15H,8-9,13-14H2,1-7H3. The van der Waals surface area contributed by atoms with E-state index in [4.69, 9.17) is 4.74 Å². The Bertz CT molecular complexity index is 646. The molecule has 0 bridgehead atoms. The van der Waals surface area contributed by atoms with Gasteiger partial charge in [0.2, 0.25) is 0 Å². The van der Waals surface area contributed by atoms with Gasteiger partial charge in [0.1, 0.15) is 5.60 Å². The van der Waals surface area contributed by atoms with Crippen molar-refractivity contribution in [1.29, 1.82) is 0 Å². The van der Waals surface area contributed by atoms with Crippen LogP contribution in [0.25, 0.3) is 0 Å². The van der Waals surface area contributed by atoms with Crippen LogP contribution in [-0.4, -0.2) is 47.2 Å². The Hall–Kier alpha value is -1.07. The summed E-state index contributed by atoms with van der Waals surface area (Å²) in [7, 11) is 0. The van der Waals surface area contributed by atoms with Gasteiger partial charge in [0.05, 0.1) is 0 Å². The van der Waals surface area contributed by atoms with Crippen molar-refractivity contribution >= 4 is 22.0 Å². The zero-order chi connectivity index (χ0) is 19.7. The van der Waals surface area contributed by atoms with Crippen LogP contribution in [0.5, 0.6) is 0 Å². The molecule has 1 heterocycles. The van der Waals surface area contributed by atoms with Crippen LogP contribution in [0.3, 0.4) is 0 Å². The number of carbonyl (C=O) groups excluding carboxylic acids is 1. The number of hydrogen-bond donors (Lipinski definition) is 0. The van der Waals surface area contributed by atoms with E-state index in [-0.39, 0.29) is 11.5 Å². The summed E-state index contributed by atoms with van der Waals surface area (Å²) < 4.78 is 6.64. The maximum Gasteiger partial charge on any atom is 0.410 e. The van der Waals surface area contributed by atoms with E-state index in [0.717, 1.165) is 17.6 Å². The molecule has 1 aromatic rings. The van der Waals surface area contributed by atoms with Gasteiger partial charge in [-0.2, -0.15) is 0 Å². The van der Waals surface area contributed by atoms with Gasteiger partial charge in [0, 0.05) is 36.7 Å². The number of rotatable bonds is 2. The Morgan fingerprint density at radius 1 is 1.15 bits per heavy atom. The molecular formula is C21H33BrN2O2. The van der Waals surface area contributed by atoms with Crippen LogP contribution in [0.2, 0.25) is 0 Å². The molecule has 0 spiro atoms. The van der Waals surface area contributed by atoms with Gasteiger partial charge in [-0.1, -0.05) is 42.8 Å². The number of carbonyl (C=O) groups is 1. The normalized spacial score (nSPS) is 19.5. The molecule has 1 aromatic carbocycles. The SMILES string of the molecule is CC1CN(C(=O)OC(C)(C)C)CCN1Cc1cc(Br)cc(C(C)(C)C)c1. The van der Waals surface area contributed by atoms with Gasteiger partial charge in [-0.15, -0.1) is 0 Å². The van der Waals surface area contributed by atoms with Gasteiger partial charge >= 0.3 is 6.09 Å². The highest BCUT2D eigenvalue weighted by Crippen LogP contribution is 2.28. The molecule has 0 saturated carbocycles. The second kappa shape index (κ2) is 7.89. The molecule has 2 rings (SSSR count). The molecule has 1 atom stereocenters. The fraction of sp³-hybridized carbons (Fsp3) is 0.667. The fourth-order valence-corrected chi connectivity index (χ4v) is 3.67. The second-order valence-corrected chi connectivity index (χ2v) is 10.3. The van der Waals surface area contributed by atoms with Crippen molar-refractivity contribution < 1.29 is 9.53 Å². The number of ether oxygens (including phenoxy) is 1. The molecule has 0 radical (unpaired) electrons. The molecule has 0 aromatic heterocycles. The monoisotopic (exact) mass is 424 g/mol. The van der Waals surface area contributed by atoms with Crippen molar-refractivity contribution in [2.24, 2.45) is 0 Å². The highest BCUT2D eigenvalue weighted by atomic mass is 79.9. The average Bonchev–Trinajstić information content (AvgIpc) is 2.46. The van der Waals surface area contributed by atoms with E-state index < -0.39 is 5.60 Å². The molecule has 1 fully saturated rings. The van der Waals surface area contributed by atoms with Gasteiger partial charge in [0.15, 0.2) is 0 Å². The summed E-state index contributed by atoms with van der Waals surface area (Å²) in [5, 5.41) is 0. The van der Waals surface area contributed by atoms with Crippen LogP contribution < -0.4 is 0 Å². The maximum atomic E-state index is 12.3. The number of hydrogen-bond acceptors (Lipinski definition) is 3. The van der Waals surface area contributed by atoms with Crippen molar-refractivity contribution in [3.05, 3.63) is 33.8 Å². The second-order valence-electron chi connectivity index (χ2n) is 9.34. The number of benzene rings is 1. The molecule has 1 aliphatic rings. The summed E-state index contributed by atoms with van der Waals surface area (Å²) in [5.74, 6) is 0. The van der Waals surface area contributed by atoms with Gasteiger partial charge in [-0.05, 0) is 56.4 Å². The molecule has 1 aliphatic heterocycles. The van der Waals surface area contributed by atoms with E-state index >= 15 is 0 Å². The van der Waals surface area contributed by atoms with Crippen molar-refractivity contribution in [3.63, 3.8) is 0 Å². The zero-order valence-corrected chi connectivity index (χ0v) is 18.8. The lowest BCUT2D eigenvalue weighted by molar-refractivity contribution is 0.00460. The third-order valence-electron chi connectivity index (χ3n) is 4.63. The Morgan fingerprint density at radius 2 is 1.81 bits per heavy atom.